The third-order valence-corrected chi connectivity index (χ3v) is 4.45. The number of nitrogens with zero attached hydrogens (tertiary/aromatic N) is 2. The summed E-state index contributed by atoms with van der Waals surface area (Å²) in [4.78, 5) is 2.08. The van der Waals surface area contributed by atoms with Gasteiger partial charge in [-0.05, 0) is 11.6 Å². The van der Waals surface area contributed by atoms with E-state index in [-0.39, 0.29) is 0 Å². The van der Waals surface area contributed by atoms with Crippen LogP contribution in [0.25, 0.3) is 0 Å². The Morgan fingerprint density at radius 1 is 0.870 bits per heavy atom. The average Bonchev–Trinajstić information content (AvgIpc) is 2.90. The first-order valence-electron chi connectivity index (χ1n) is 7.85. The highest BCUT2D eigenvalue weighted by Gasteiger charge is 2.51. The van der Waals surface area contributed by atoms with Crippen LogP contribution in [0.15, 0.2) is 85.1 Å². The Balaban J connectivity index is 1.80. The van der Waals surface area contributed by atoms with E-state index in [4.69, 9.17) is 0 Å². The quantitative estimate of drug-likeness (QED) is 0.753. The summed E-state index contributed by atoms with van der Waals surface area (Å²) >= 11 is 0. The van der Waals surface area contributed by atoms with Crippen molar-refractivity contribution < 1.29 is 9.67 Å². The molecule has 0 aliphatic carbocycles. The Morgan fingerprint density at radius 2 is 1.52 bits per heavy atom. The van der Waals surface area contributed by atoms with E-state index in [0.29, 0.717) is 13.1 Å². The third kappa shape index (κ3) is 2.39. The number of rotatable bonds is 3. The molecule has 2 aromatic carbocycles. The molecule has 4 rings (SSSR count). The van der Waals surface area contributed by atoms with Crippen LogP contribution in [-0.2, 0) is 18.8 Å². The number of aromatic nitrogens is 1. The van der Waals surface area contributed by atoms with Crippen molar-refractivity contribution >= 4 is 5.82 Å². The predicted molar refractivity (Wildman–Crippen MR) is 89.6 cm³/mol. The maximum atomic E-state index is 11.5. The lowest BCUT2D eigenvalue weighted by atomic mass is 10.0. The number of fused-ring (bicyclic) bond motifs is 1. The third-order valence-electron chi connectivity index (χ3n) is 4.45. The van der Waals surface area contributed by atoms with Crippen LogP contribution in [0.5, 0.6) is 0 Å². The van der Waals surface area contributed by atoms with Crippen molar-refractivity contribution in [3.05, 3.63) is 96.2 Å². The molecule has 0 bridgehead atoms. The molecule has 114 valence electrons. The van der Waals surface area contributed by atoms with Crippen LogP contribution in [0.2, 0.25) is 0 Å². The molecule has 2 heterocycles. The van der Waals surface area contributed by atoms with Crippen LogP contribution in [-0.4, -0.2) is 5.11 Å². The van der Waals surface area contributed by atoms with Gasteiger partial charge in [-0.1, -0.05) is 66.7 Å². The molecule has 0 spiro atoms. The zero-order chi connectivity index (χ0) is 15.7. The Kier molecular flexibility index (Phi) is 3.36. The molecule has 1 aromatic heterocycles. The zero-order valence-electron chi connectivity index (χ0n) is 12.8. The van der Waals surface area contributed by atoms with Gasteiger partial charge in [0.25, 0.3) is 11.5 Å². The maximum Gasteiger partial charge on any atom is 0.279 e. The largest absolute Gasteiger partial charge is 0.346 e. The van der Waals surface area contributed by atoms with E-state index < -0.39 is 5.72 Å². The molecule has 23 heavy (non-hydrogen) atoms. The van der Waals surface area contributed by atoms with Crippen LogP contribution < -0.4 is 9.47 Å². The van der Waals surface area contributed by atoms with Crippen molar-refractivity contribution in [1.82, 2.24) is 0 Å². The van der Waals surface area contributed by atoms with Gasteiger partial charge in [0.2, 0.25) is 0 Å². The minimum absolute atomic E-state index is 0.528. The fourth-order valence-electron chi connectivity index (χ4n) is 3.29. The molecule has 0 fully saturated rings. The number of pyridine rings is 1. The summed E-state index contributed by atoms with van der Waals surface area (Å²) in [5.74, 6) is 1.03. The van der Waals surface area contributed by atoms with Gasteiger partial charge >= 0.3 is 0 Å². The summed E-state index contributed by atoms with van der Waals surface area (Å²) in [5.41, 5.74) is 1.06. The van der Waals surface area contributed by atoms with Crippen molar-refractivity contribution in [2.24, 2.45) is 0 Å². The Bertz CT molecular complexity index is 804. The van der Waals surface area contributed by atoms with Gasteiger partial charge in [-0.25, -0.2) is 9.47 Å². The standard InChI is InChI=1S/C20H19N2O/c23-20(18-11-5-2-6-12-18)16-21-14-8-7-13-19(21)22(20)15-17-9-3-1-4-10-17/h1-14,23H,15-16H2/q+1. The second-order valence-corrected chi connectivity index (χ2v) is 5.94. The topological polar surface area (TPSA) is 27.4 Å². The van der Waals surface area contributed by atoms with Gasteiger partial charge in [-0.2, -0.15) is 0 Å². The molecule has 1 unspecified atom stereocenters. The monoisotopic (exact) mass is 303 g/mol. The first kappa shape index (κ1) is 14.0. The van der Waals surface area contributed by atoms with Gasteiger partial charge in [0.15, 0.2) is 6.54 Å². The SMILES string of the molecule is OC1(c2ccccc2)C[n+]2ccccc2N1Cc1ccccc1. The summed E-state index contributed by atoms with van der Waals surface area (Å²) in [6.07, 6.45) is 2.02. The van der Waals surface area contributed by atoms with Crippen molar-refractivity contribution in [2.75, 3.05) is 4.90 Å². The van der Waals surface area contributed by atoms with Gasteiger partial charge in [-0.3, -0.25) is 0 Å². The molecule has 1 aliphatic heterocycles. The number of anilines is 1. The van der Waals surface area contributed by atoms with Crippen LogP contribution in [0.3, 0.4) is 0 Å². The number of aliphatic hydroxyl groups is 1. The second-order valence-electron chi connectivity index (χ2n) is 5.94. The van der Waals surface area contributed by atoms with Crippen LogP contribution in [0, 0.1) is 0 Å². The number of hydrogen-bond acceptors (Lipinski definition) is 2. The van der Waals surface area contributed by atoms with E-state index >= 15 is 0 Å². The minimum Gasteiger partial charge on any atom is -0.346 e. The Labute approximate surface area is 136 Å². The van der Waals surface area contributed by atoms with E-state index in [9.17, 15) is 5.11 Å². The molecule has 1 N–H and O–H groups in total. The van der Waals surface area contributed by atoms with E-state index in [0.717, 1.165) is 11.4 Å². The molecule has 0 radical (unpaired) electrons. The summed E-state index contributed by atoms with van der Waals surface area (Å²) in [7, 11) is 0. The normalized spacial score (nSPS) is 19.6. The summed E-state index contributed by atoms with van der Waals surface area (Å²) < 4.78 is 2.11. The van der Waals surface area contributed by atoms with E-state index in [1.54, 1.807) is 0 Å². The van der Waals surface area contributed by atoms with Gasteiger partial charge in [-0.15, -0.1) is 0 Å². The molecule has 3 aromatic rings. The maximum absolute atomic E-state index is 11.5. The molecule has 0 amide bonds. The molecule has 1 aliphatic rings. The van der Waals surface area contributed by atoms with Gasteiger partial charge in [0.05, 0.1) is 6.20 Å². The fraction of sp³-hybridized carbons (Fsp3) is 0.150. The summed E-state index contributed by atoms with van der Waals surface area (Å²) in [6, 6.07) is 26.2. The van der Waals surface area contributed by atoms with E-state index in [1.165, 1.54) is 5.56 Å². The van der Waals surface area contributed by atoms with Gasteiger partial charge in [0.1, 0.15) is 6.54 Å². The minimum atomic E-state index is -1.04. The lowest BCUT2D eigenvalue weighted by molar-refractivity contribution is -0.683. The fourth-order valence-corrected chi connectivity index (χ4v) is 3.29. The average molecular weight is 303 g/mol. The summed E-state index contributed by atoms with van der Waals surface area (Å²) in [5, 5.41) is 11.5. The highest BCUT2D eigenvalue weighted by molar-refractivity contribution is 5.44. The highest BCUT2D eigenvalue weighted by Crippen LogP contribution is 2.35. The smallest absolute Gasteiger partial charge is 0.279 e. The highest BCUT2D eigenvalue weighted by atomic mass is 16.3. The van der Waals surface area contributed by atoms with Crippen LogP contribution in [0.4, 0.5) is 5.82 Å². The zero-order valence-corrected chi connectivity index (χ0v) is 12.8. The van der Waals surface area contributed by atoms with Crippen molar-refractivity contribution in [2.45, 2.75) is 18.8 Å². The lowest BCUT2D eigenvalue weighted by Crippen LogP contribution is -2.45. The lowest BCUT2D eigenvalue weighted by Gasteiger charge is -2.27. The van der Waals surface area contributed by atoms with Crippen LogP contribution in [0.1, 0.15) is 11.1 Å². The van der Waals surface area contributed by atoms with Crippen molar-refractivity contribution in [3.8, 4) is 0 Å². The molecule has 3 heteroatoms. The molecule has 1 atom stereocenters. The molecule has 0 saturated heterocycles. The van der Waals surface area contributed by atoms with E-state index in [2.05, 4.69) is 27.7 Å². The van der Waals surface area contributed by atoms with Gasteiger partial charge in [0, 0.05) is 11.6 Å². The molecule has 0 saturated carbocycles. The first-order chi connectivity index (χ1) is 11.3. The number of benzene rings is 2. The first-order valence-corrected chi connectivity index (χ1v) is 7.85. The molecular weight excluding hydrogens is 284 g/mol. The van der Waals surface area contributed by atoms with Gasteiger partial charge < -0.3 is 5.11 Å². The van der Waals surface area contributed by atoms with Crippen LogP contribution >= 0.6 is 0 Å². The summed E-state index contributed by atoms with van der Waals surface area (Å²) in [6.45, 7) is 1.19. The Hall–Kier alpha value is -2.65. The van der Waals surface area contributed by atoms with Crippen molar-refractivity contribution in [1.29, 1.82) is 0 Å². The Morgan fingerprint density at radius 3 is 2.26 bits per heavy atom. The number of hydrogen-bond donors (Lipinski definition) is 1. The second kappa shape index (κ2) is 5.52. The van der Waals surface area contributed by atoms with E-state index in [1.807, 2.05) is 66.9 Å². The molecular formula is C20H19N2O+. The predicted octanol–water partition coefficient (Wildman–Crippen LogP) is 2.84. The van der Waals surface area contributed by atoms with Crippen molar-refractivity contribution in [3.63, 3.8) is 0 Å². The molecule has 3 nitrogen and oxygen atoms in total.